The van der Waals surface area contributed by atoms with Crippen molar-refractivity contribution in [3.8, 4) is 5.69 Å². The van der Waals surface area contributed by atoms with E-state index < -0.39 is 8.07 Å². The van der Waals surface area contributed by atoms with Crippen LogP contribution in [0.5, 0.6) is 0 Å². The van der Waals surface area contributed by atoms with Crippen LogP contribution in [-0.2, 0) is 0 Å². The predicted octanol–water partition coefficient (Wildman–Crippen LogP) is 7.69. The highest BCUT2D eigenvalue weighted by Gasteiger charge is 2.41. The summed E-state index contributed by atoms with van der Waals surface area (Å²) in [6.45, 7) is 0. The van der Waals surface area contributed by atoms with Crippen molar-refractivity contribution in [3.05, 3.63) is 161 Å². The van der Waals surface area contributed by atoms with Gasteiger partial charge in [0, 0.05) is 25.4 Å². The Balaban J connectivity index is 1.49. The standard InChI is InChI=1S/C36H25Br2NSi/c37-26-16-22-35-33(24-26)34-25-27(38)17-23-36(34)39(35)28-18-20-32(21-19-28)40(29-10-4-1-5-11-29,30-12-6-2-7-13-30)31-14-8-3-9-15-31/h1-25H. The lowest BCUT2D eigenvalue weighted by molar-refractivity contribution is 1.18. The summed E-state index contributed by atoms with van der Waals surface area (Å²) in [4.78, 5) is 0. The van der Waals surface area contributed by atoms with E-state index in [1.165, 1.54) is 42.6 Å². The second-order valence-electron chi connectivity index (χ2n) is 10.1. The highest BCUT2D eigenvalue weighted by Crippen LogP contribution is 2.35. The smallest absolute Gasteiger partial charge is 0.179 e. The minimum Gasteiger partial charge on any atom is -0.309 e. The Bertz CT molecular complexity index is 1790. The molecule has 0 aliphatic heterocycles. The summed E-state index contributed by atoms with van der Waals surface area (Å²) in [6, 6.07) is 55.6. The van der Waals surface area contributed by atoms with Gasteiger partial charge in [0.2, 0.25) is 0 Å². The number of rotatable bonds is 5. The van der Waals surface area contributed by atoms with Gasteiger partial charge in [0.15, 0.2) is 8.07 Å². The topological polar surface area (TPSA) is 4.93 Å². The monoisotopic (exact) mass is 657 g/mol. The summed E-state index contributed by atoms with van der Waals surface area (Å²) in [6.07, 6.45) is 0. The zero-order valence-corrected chi connectivity index (χ0v) is 25.8. The van der Waals surface area contributed by atoms with Crippen molar-refractivity contribution in [2.45, 2.75) is 0 Å². The van der Waals surface area contributed by atoms with Crippen LogP contribution in [0.1, 0.15) is 0 Å². The first kappa shape index (κ1) is 25.3. The Morgan fingerprint density at radius 2 is 0.775 bits per heavy atom. The molecule has 0 fully saturated rings. The lowest BCUT2D eigenvalue weighted by atomic mass is 10.2. The van der Waals surface area contributed by atoms with Gasteiger partial charge >= 0.3 is 0 Å². The Kier molecular flexibility index (Phi) is 6.55. The number of benzene rings is 6. The maximum absolute atomic E-state index is 3.68. The van der Waals surface area contributed by atoms with Crippen molar-refractivity contribution >= 4 is 82.5 Å². The molecule has 192 valence electrons. The fourth-order valence-corrected chi connectivity index (χ4v) is 11.6. The Morgan fingerprint density at radius 1 is 0.400 bits per heavy atom. The number of hydrogen-bond acceptors (Lipinski definition) is 0. The van der Waals surface area contributed by atoms with E-state index >= 15 is 0 Å². The molecule has 0 unspecified atom stereocenters. The number of nitrogens with zero attached hydrogens (tertiary/aromatic N) is 1. The van der Waals surface area contributed by atoms with E-state index in [0.717, 1.165) is 14.6 Å². The Morgan fingerprint density at radius 3 is 1.18 bits per heavy atom. The van der Waals surface area contributed by atoms with Crippen LogP contribution >= 0.6 is 31.9 Å². The minimum absolute atomic E-state index is 1.08. The summed E-state index contributed by atoms with van der Waals surface area (Å²) >= 11 is 7.37. The van der Waals surface area contributed by atoms with Crippen molar-refractivity contribution in [2.75, 3.05) is 0 Å². The van der Waals surface area contributed by atoms with Crippen molar-refractivity contribution in [1.82, 2.24) is 4.57 Å². The fraction of sp³-hybridized carbons (Fsp3) is 0. The molecule has 0 N–H and O–H groups in total. The van der Waals surface area contributed by atoms with Crippen LogP contribution < -0.4 is 20.7 Å². The summed E-state index contributed by atoms with van der Waals surface area (Å²) in [5, 5.41) is 7.98. The minimum atomic E-state index is -2.55. The molecule has 7 rings (SSSR count). The fourth-order valence-electron chi connectivity index (χ4n) is 6.17. The predicted molar refractivity (Wildman–Crippen MR) is 180 cm³/mol. The first-order valence-corrected chi connectivity index (χ1v) is 16.9. The maximum atomic E-state index is 3.68. The van der Waals surface area contributed by atoms with Crippen molar-refractivity contribution in [2.24, 2.45) is 0 Å². The van der Waals surface area contributed by atoms with E-state index in [1.54, 1.807) is 0 Å². The highest BCUT2D eigenvalue weighted by atomic mass is 79.9. The lowest BCUT2D eigenvalue weighted by Gasteiger charge is -2.34. The molecule has 6 aromatic carbocycles. The van der Waals surface area contributed by atoms with Crippen molar-refractivity contribution < 1.29 is 0 Å². The number of fused-ring (bicyclic) bond motifs is 3. The van der Waals surface area contributed by atoms with Gasteiger partial charge in [-0.25, -0.2) is 0 Å². The van der Waals surface area contributed by atoms with Gasteiger partial charge in [-0.2, -0.15) is 0 Å². The largest absolute Gasteiger partial charge is 0.309 e. The molecule has 7 aromatic rings. The maximum Gasteiger partial charge on any atom is 0.179 e. The molecule has 1 nitrogen and oxygen atoms in total. The summed E-state index contributed by atoms with van der Waals surface area (Å²) < 4.78 is 4.54. The Labute approximate surface area is 252 Å². The van der Waals surface area contributed by atoms with Gasteiger partial charge in [-0.05, 0) is 69.3 Å². The third kappa shape index (κ3) is 4.10. The molecule has 1 heterocycles. The Hall–Kier alpha value is -3.70. The van der Waals surface area contributed by atoms with Gasteiger partial charge in [-0.3, -0.25) is 0 Å². The van der Waals surface area contributed by atoms with Crippen molar-refractivity contribution in [1.29, 1.82) is 0 Å². The molecule has 1 aromatic heterocycles. The third-order valence-corrected chi connectivity index (χ3v) is 13.7. The van der Waals surface area contributed by atoms with E-state index in [9.17, 15) is 0 Å². The van der Waals surface area contributed by atoms with Gasteiger partial charge in [-0.15, -0.1) is 0 Å². The normalized spacial score (nSPS) is 11.8. The van der Waals surface area contributed by atoms with Crippen LogP contribution in [0.15, 0.2) is 161 Å². The number of halogens is 2. The third-order valence-electron chi connectivity index (χ3n) is 7.87. The van der Waals surface area contributed by atoms with Gasteiger partial charge in [-0.1, -0.05) is 135 Å². The van der Waals surface area contributed by atoms with Gasteiger partial charge in [0.25, 0.3) is 0 Å². The summed E-state index contributed by atoms with van der Waals surface area (Å²) in [7, 11) is -2.55. The number of aromatic nitrogens is 1. The zero-order valence-electron chi connectivity index (χ0n) is 21.6. The van der Waals surface area contributed by atoms with Gasteiger partial charge in [0.1, 0.15) is 0 Å². The summed E-state index contributed by atoms with van der Waals surface area (Å²) in [5.41, 5.74) is 3.55. The quantitative estimate of drug-likeness (QED) is 0.132. The van der Waals surface area contributed by atoms with E-state index in [2.05, 4.69) is 188 Å². The van der Waals surface area contributed by atoms with E-state index in [4.69, 9.17) is 0 Å². The van der Waals surface area contributed by atoms with Gasteiger partial charge in [0.05, 0.1) is 11.0 Å². The van der Waals surface area contributed by atoms with E-state index in [1.807, 2.05) is 0 Å². The van der Waals surface area contributed by atoms with E-state index in [0.29, 0.717) is 0 Å². The van der Waals surface area contributed by atoms with E-state index in [-0.39, 0.29) is 0 Å². The molecule has 0 amide bonds. The molecule has 0 atom stereocenters. The zero-order chi connectivity index (χ0) is 27.1. The van der Waals surface area contributed by atoms with Crippen LogP contribution in [-0.4, -0.2) is 12.6 Å². The molecule has 0 saturated heterocycles. The lowest BCUT2D eigenvalue weighted by Crippen LogP contribution is -2.74. The van der Waals surface area contributed by atoms with Gasteiger partial charge < -0.3 is 4.57 Å². The molecule has 0 radical (unpaired) electrons. The molecular weight excluding hydrogens is 634 g/mol. The summed E-state index contributed by atoms with van der Waals surface area (Å²) in [5.74, 6) is 0. The van der Waals surface area contributed by atoms with Crippen LogP contribution in [0.4, 0.5) is 0 Å². The average molecular weight is 659 g/mol. The molecule has 4 heteroatoms. The average Bonchev–Trinajstić information content (AvgIpc) is 3.32. The van der Waals surface area contributed by atoms with Crippen LogP contribution in [0.3, 0.4) is 0 Å². The van der Waals surface area contributed by atoms with Crippen LogP contribution in [0.2, 0.25) is 0 Å². The molecule has 0 aliphatic carbocycles. The van der Waals surface area contributed by atoms with Crippen molar-refractivity contribution in [3.63, 3.8) is 0 Å². The molecule has 0 bridgehead atoms. The molecule has 0 aliphatic rings. The first-order valence-electron chi connectivity index (χ1n) is 13.3. The molecular formula is C36H25Br2NSi. The SMILES string of the molecule is Brc1ccc2c(c1)c1cc(Br)ccc1n2-c1ccc([Si](c2ccccc2)(c2ccccc2)c2ccccc2)cc1. The molecule has 0 spiro atoms. The second kappa shape index (κ2) is 10.4. The molecule has 40 heavy (non-hydrogen) atoms. The van der Waals surface area contributed by atoms with Crippen LogP contribution in [0.25, 0.3) is 27.5 Å². The van der Waals surface area contributed by atoms with Crippen LogP contribution in [0, 0.1) is 0 Å². The molecule has 0 saturated carbocycles. The first-order chi connectivity index (χ1) is 19.7. The second-order valence-corrected chi connectivity index (χ2v) is 15.7. The number of hydrogen-bond donors (Lipinski definition) is 0. The highest BCUT2D eigenvalue weighted by molar-refractivity contribution is 9.10.